The van der Waals surface area contributed by atoms with Gasteiger partial charge < -0.3 is 15.2 Å². The summed E-state index contributed by atoms with van der Waals surface area (Å²) in [4.78, 5) is 23.5. The number of rotatable bonds is 5. The van der Waals surface area contributed by atoms with Gasteiger partial charge in [0.15, 0.2) is 6.61 Å². The first-order chi connectivity index (χ1) is 11.0. The highest BCUT2D eigenvalue weighted by Crippen LogP contribution is 2.24. The second-order valence-electron chi connectivity index (χ2n) is 6.31. The van der Waals surface area contributed by atoms with Crippen molar-refractivity contribution in [3.8, 4) is 5.75 Å². The lowest BCUT2D eigenvalue weighted by molar-refractivity contribution is -0.143. The Hall–Kier alpha value is -2.04. The van der Waals surface area contributed by atoms with Crippen molar-refractivity contribution in [3.63, 3.8) is 0 Å². The summed E-state index contributed by atoms with van der Waals surface area (Å²) < 4.78 is 5.56. The summed E-state index contributed by atoms with van der Waals surface area (Å²) in [5.74, 6) is -0.903. The van der Waals surface area contributed by atoms with E-state index in [1.165, 1.54) is 0 Å². The highest BCUT2D eigenvalue weighted by Gasteiger charge is 2.30. The molecule has 0 spiro atoms. The van der Waals surface area contributed by atoms with E-state index < -0.39 is 11.9 Å². The number of hydrogen-bond donors (Lipinski definition) is 2. The molecule has 1 fully saturated rings. The molecule has 1 amide bonds. The van der Waals surface area contributed by atoms with Crippen molar-refractivity contribution in [1.82, 2.24) is 5.32 Å². The number of carbonyl (C=O) groups is 2. The van der Waals surface area contributed by atoms with Gasteiger partial charge >= 0.3 is 5.97 Å². The largest absolute Gasteiger partial charge is 0.484 e. The molecule has 0 aromatic heterocycles. The molecule has 0 unspecified atom stereocenters. The number of ether oxygens (including phenoxy) is 1. The Kier molecular flexibility index (Phi) is 6.02. The van der Waals surface area contributed by atoms with Crippen LogP contribution in [0.25, 0.3) is 0 Å². The van der Waals surface area contributed by atoms with Gasteiger partial charge in [-0.3, -0.25) is 9.59 Å². The van der Waals surface area contributed by atoms with Gasteiger partial charge in [0.05, 0.1) is 5.92 Å². The summed E-state index contributed by atoms with van der Waals surface area (Å²) in [5, 5.41) is 12.2. The maximum Gasteiger partial charge on any atom is 0.308 e. The highest BCUT2D eigenvalue weighted by atomic mass is 16.5. The van der Waals surface area contributed by atoms with Gasteiger partial charge in [0.25, 0.3) is 5.91 Å². The first kappa shape index (κ1) is 17.3. The van der Waals surface area contributed by atoms with Crippen LogP contribution >= 0.6 is 0 Å². The molecule has 1 aromatic rings. The van der Waals surface area contributed by atoms with E-state index in [0.29, 0.717) is 18.6 Å². The lowest BCUT2D eigenvalue weighted by atomic mass is 9.95. The number of nitrogens with one attached hydrogen (secondary N) is 1. The molecule has 0 radical (unpaired) electrons. The van der Waals surface area contributed by atoms with Crippen LogP contribution in [-0.2, 0) is 9.59 Å². The number of aliphatic carboxylic acids is 1. The smallest absolute Gasteiger partial charge is 0.308 e. The van der Waals surface area contributed by atoms with Crippen LogP contribution in [0.15, 0.2) is 18.2 Å². The Bertz CT molecular complexity index is 570. The van der Waals surface area contributed by atoms with E-state index in [0.717, 1.165) is 30.4 Å². The van der Waals surface area contributed by atoms with Crippen molar-refractivity contribution in [2.75, 3.05) is 6.61 Å². The average molecular weight is 319 g/mol. The minimum atomic E-state index is -0.826. The molecule has 23 heavy (non-hydrogen) atoms. The predicted octanol–water partition coefficient (Wildman–Crippen LogP) is 2.83. The van der Waals surface area contributed by atoms with Crippen molar-refractivity contribution in [2.45, 2.75) is 52.0 Å². The standard InChI is InChI=1S/C18H25NO4/c1-12-8-9-16(13(2)10-12)23-11-17(20)19-15-7-5-3-4-6-14(15)18(21)22/h8-10,14-15H,3-7,11H2,1-2H3,(H,19,20)(H,21,22)/t14-,15+/m1/s1. The topological polar surface area (TPSA) is 75.6 Å². The Morgan fingerprint density at radius 3 is 2.65 bits per heavy atom. The van der Waals surface area contributed by atoms with Crippen LogP contribution in [0.1, 0.15) is 43.2 Å². The van der Waals surface area contributed by atoms with E-state index in [9.17, 15) is 14.7 Å². The molecule has 0 bridgehead atoms. The zero-order chi connectivity index (χ0) is 16.8. The molecule has 1 aromatic carbocycles. The van der Waals surface area contributed by atoms with Crippen LogP contribution in [-0.4, -0.2) is 29.6 Å². The van der Waals surface area contributed by atoms with E-state index in [1.807, 2.05) is 32.0 Å². The molecule has 1 aliphatic rings. The summed E-state index contributed by atoms with van der Waals surface area (Å²) in [5.41, 5.74) is 2.12. The molecular formula is C18H25NO4. The van der Waals surface area contributed by atoms with Gasteiger partial charge in [-0.1, -0.05) is 37.0 Å². The minimum absolute atomic E-state index is 0.0905. The van der Waals surface area contributed by atoms with Gasteiger partial charge in [0.1, 0.15) is 5.75 Å². The predicted molar refractivity (Wildman–Crippen MR) is 87.6 cm³/mol. The summed E-state index contributed by atoms with van der Waals surface area (Å²) in [6, 6.07) is 5.49. The number of hydrogen-bond acceptors (Lipinski definition) is 3. The fraction of sp³-hybridized carbons (Fsp3) is 0.556. The number of benzene rings is 1. The molecule has 1 aliphatic carbocycles. The molecule has 5 nitrogen and oxygen atoms in total. The van der Waals surface area contributed by atoms with E-state index in [-0.39, 0.29) is 18.6 Å². The van der Waals surface area contributed by atoms with Crippen molar-refractivity contribution < 1.29 is 19.4 Å². The number of carboxylic acid groups (broad SMARTS) is 1. The third-order valence-electron chi connectivity index (χ3n) is 4.37. The number of carboxylic acids is 1. The molecule has 126 valence electrons. The third kappa shape index (κ3) is 4.98. The van der Waals surface area contributed by atoms with Crippen LogP contribution in [0.4, 0.5) is 0 Å². The van der Waals surface area contributed by atoms with Gasteiger partial charge in [-0.15, -0.1) is 0 Å². The van der Waals surface area contributed by atoms with Crippen LogP contribution < -0.4 is 10.1 Å². The summed E-state index contributed by atoms with van der Waals surface area (Å²) in [7, 11) is 0. The summed E-state index contributed by atoms with van der Waals surface area (Å²) in [6.07, 6.45) is 4.22. The van der Waals surface area contributed by atoms with Gasteiger partial charge in [-0.05, 0) is 38.3 Å². The molecule has 0 saturated heterocycles. The first-order valence-electron chi connectivity index (χ1n) is 8.19. The second kappa shape index (κ2) is 7.99. The van der Waals surface area contributed by atoms with E-state index >= 15 is 0 Å². The zero-order valence-electron chi connectivity index (χ0n) is 13.8. The Morgan fingerprint density at radius 2 is 1.96 bits per heavy atom. The molecular weight excluding hydrogens is 294 g/mol. The van der Waals surface area contributed by atoms with E-state index in [1.54, 1.807) is 0 Å². The Balaban J connectivity index is 1.91. The van der Waals surface area contributed by atoms with E-state index in [2.05, 4.69) is 5.32 Å². The summed E-state index contributed by atoms with van der Waals surface area (Å²) >= 11 is 0. The maximum absolute atomic E-state index is 12.1. The van der Waals surface area contributed by atoms with Crippen molar-refractivity contribution in [2.24, 2.45) is 5.92 Å². The Labute approximate surface area is 137 Å². The van der Waals surface area contributed by atoms with Crippen molar-refractivity contribution in [1.29, 1.82) is 0 Å². The van der Waals surface area contributed by atoms with Crippen molar-refractivity contribution in [3.05, 3.63) is 29.3 Å². The summed E-state index contributed by atoms with van der Waals surface area (Å²) in [6.45, 7) is 3.85. The van der Waals surface area contributed by atoms with E-state index in [4.69, 9.17) is 4.74 Å². The zero-order valence-corrected chi connectivity index (χ0v) is 13.8. The Morgan fingerprint density at radius 1 is 1.22 bits per heavy atom. The van der Waals surface area contributed by atoms with Crippen LogP contribution in [0.3, 0.4) is 0 Å². The minimum Gasteiger partial charge on any atom is -0.484 e. The number of amides is 1. The maximum atomic E-state index is 12.1. The monoisotopic (exact) mass is 319 g/mol. The fourth-order valence-corrected chi connectivity index (χ4v) is 3.13. The molecule has 0 heterocycles. The number of aryl methyl sites for hydroxylation is 2. The van der Waals surface area contributed by atoms with Gasteiger partial charge in [-0.2, -0.15) is 0 Å². The van der Waals surface area contributed by atoms with Crippen LogP contribution in [0.5, 0.6) is 5.75 Å². The normalized spacial score (nSPS) is 21.3. The second-order valence-corrected chi connectivity index (χ2v) is 6.31. The quantitative estimate of drug-likeness (QED) is 0.818. The van der Waals surface area contributed by atoms with Crippen LogP contribution in [0, 0.1) is 19.8 Å². The fourth-order valence-electron chi connectivity index (χ4n) is 3.13. The van der Waals surface area contributed by atoms with Gasteiger partial charge in [0.2, 0.25) is 0 Å². The SMILES string of the molecule is Cc1ccc(OCC(=O)N[C@H]2CCCCC[C@H]2C(=O)O)c(C)c1. The lowest BCUT2D eigenvalue weighted by Gasteiger charge is -2.23. The number of carbonyl (C=O) groups excluding carboxylic acids is 1. The van der Waals surface area contributed by atoms with Crippen LogP contribution in [0.2, 0.25) is 0 Å². The first-order valence-corrected chi connectivity index (χ1v) is 8.19. The molecule has 1 saturated carbocycles. The van der Waals surface area contributed by atoms with Gasteiger partial charge in [-0.25, -0.2) is 0 Å². The molecule has 2 N–H and O–H groups in total. The molecule has 0 aliphatic heterocycles. The highest BCUT2D eigenvalue weighted by molar-refractivity contribution is 5.79. The third-order valence-corrected chi connectivity index (χ3v) is 4.37. The molecule has 2 atom stereocenters. The van der Waals surface area contributed by atoms with Gasteiger partial charge in [0, 0.05) is 6.04 Å². The average Bonchev–Trinajstić information content (AvgIpc) is 2.72. The molecule has 2 rings (SSSR count). The van der Waals surface area contributed by atoms with Crippen molar-refractivity contribution >= 4 is 11.9 Å². The molecule has 5 heteroatoms. The lowest BCUT2D eigenvalue weighted by Crippen LogP contribution is -2.44.